The van der Waals surface area contributed by atoms with Gasteiger partial charge in [0.1, 0.15) is 5.82 Å². The lowest BCUT2D eigenvalue weighted by Crippen LogP contribution is -2.16. The maximum absolute atomic E-state index is 12.4. The molecule has 0 spiro atoms. The summed E-state index contributed by atoms with van der Waals surface area (Å²) >= 11 is 1.43. The number of benzene rings is 2. The van der Waals surface area contributed by atoms with E-state index < -0.39 is 0 Å². The minimum Gasteiger partial charge on any atom is -0.368 e. The number of carbonyl (C=O) groups is 1. The van der Waals surface area contributed by atoms with Crippen LogP contribution in [0.2, 0.25) is 0 Å². The average molecular weight is 409 g/mol. The van der Waals surface area contributed by atoms with E-state index in [9.17, 15) is 4.79 Å². The van der Waals surface area contributed by atoms with Crippen molar-refractivity contribution in [3.63, 3.8) is 0 Å². The molecule has 0 aliphatic heterocycles. The highest BCUT2D eigenvalue weighted by molar-refractivity contribution is 7.99. The fourth-order valence-corrected chi connectivity index (χ4v) is 3.49. The average Bonchev–Trinajstić information content (AvgIpc) is 2.70. The zero-order valence-corrected chi connectivity index (χ0v) is 17.3. The van der Waals surface area contributed by atoms with E-state index in [1.54, 1.807) is 0 Å². The number of thioether (sulfide) groups is 1. The molecule has 29 heavy (non-hydrogen) atoms. The van der Waals surface area contributed by atoms with Crippen molar-refractivity contribution in [2.75, 3.05) is 22.1 Å². The van der Waals surface area contributed by atoms with E-state index in [0.29, 0.717) is 23.3 Å². The number of nitrogens with two attached hydrogens (primary N) is 1. The van der Waals surface area contributed by atoms with Crippen molar-refractivity contribution in [2.24, 2.45) is 0 Å². The van der Waals surface area contributed by atoms with Crippen LogP contribution in [0.4, 0.5) is 23.3 Å². The molecule has 8 heteroatoms. The first-order valence-corrected chi connectivity index (χ1v) is 10.5. The molecule has 1 amide bonds. The zero-order valence-electron chi connectivity index (χ0n) is 16.5. The Hall–Kier alpha value is -3.13. The normalized spacial score (nSPS) is 10.6. The van der Waals surface area contributed by atoms with Crippen LogP contribution in [0.15, 0.2) is 48.5 Å². The van der Waals surface area contributed by atoms with E-state index in [2.05, 4.69) is 32.5 Å². The molecule has 1 heterocycles. The van der Waals surface area contributed by atoms with Crippen molar-refractivity contribution >= 4 is 40.9 Å². The van der Waals surface area contributed by atoms with Gasteiger partial charge in [-0.3, -0.25) is 4.79 Å². The molecule has 7 nitrogen and oxygen atoms in total. The minimum atomic E-state index is -0.0522. The van der Waals surface area contributed by atoms with E-state index in [1.807, 2.05) is 55.5 Å². The van der Waals surface area contributed by atoms with Gasteiger partial charge in [0, 0.05) is 11.4 Å². The van der Waals surface area contributed by atoms with Crippen LogP contribution in [-0.4, -0.2) is 26.6 Å². The molecule has 0 bridgehead atoms. The number of nitrogens with one attached hydrogen (secondary N) is 2. The molecule has 4 N–H and O–H groups in total. The molecular weight excluding hydrogens is 384 g/mol. The summed E-state index contributed by atoms with van der Waals surface area (Å²) in [5, 5.41) is 6.13. The Bertz CT molecular complexity index is 980. The van der Waals surface area contributed by atoms with Crippen LogP contribution >= 0.6 is 11.8 Å². The third-order valence-electron chi connectivity index (χ3n) is 4.20. The Kier molecular flexibility index (Phi) is 7.02. The predicted octanol–water partition coefficient (Wildman–Crippen LogP) is 3.94. The second-order valence-electron chi connectivity index (χ2n) is 6.43. The molecule has 2 aromatic carbocycles. The van der Waals surface area contributed by atoms with Crippen molar-refractivity contribution < 1.29 is 4.79 Å². The van der Waals surface area contributed by atoms with Gasteiger partial charge in [-0.2, -0.15) is 15.0 Å². The predicted molar refractivity (Wildman–Crippen MR) is 119 cm³/mol. The van der Waals surface area contributed by atoms with Gasteiger partial charge in [-0.15, -0.1) is 11.8 Å². The lowest BCUT2D eigenvalue weighted by atomic mass is 10.1. The Labute approximate surface area is 174 Å². The largest absolute Gasteiger partial charge is 0.368 e. The van der Waals surface area contributed by atoms with Gasteiger partial charge in [-0.1, -0.05) is 43.3 Å². The lowest BCUT2D eigenvalue weighted by Gasteiger charge is -2.12. The summed E-state index contributed by atoms with van der Waals surface area (Å²) in [6.07, 6.45) is 0.867. The fourth-order valence-electron chi connectivity index (χ4n) is 2.82. The number of aryl methyl sites for hydroxylation is 2. The summed E-state index contributed by atoms with van der Waals surface area (Å²) < 4.78 is 0. The quantitative estimate of drug-likeness (QED) is 0.518. The molecule has 0 aliphatic rings. The topological polar surface area (TPSA) is 106 Å². The van der Waals surface area contributed by atoms with E-state index >= 15 is 0 Å². The van der Waals surface area contributed by atoms with Crippen molar-refractivity contribution in [1.82, 2.24) is 15.0 Å². The standard InChI is InChI=1S/C21H24N6OS/c1-3-15-9-7-8-14(2)19(15)26-18(28)13-29-12-17-24-20(22)27-21(25-17)23-16-10-5-4-6-11-16/h4-11H,3,12-13H2,1-2H3,(H,26,28)(H3,22,23,24,25,27). The molecule has 0 radical (unpaired) electrons. The number of nitrogen functional groups attached to an aromatic ring is 1. The highest BCUT2D eigenvalue weighted by Crippen LogP contribution is 2.22. The second-order valence-corrected chi connectivity index (χ2v) is 7.41. The smallest absolute Gasteiger partial charge is 0.234 e. The summed E-state index contributed by atoms with van der Waals surface area (Å²) in [5.41, 5.74) is 9.76. The Morgan fingerprint density at radius 3 is 2.62 bits per heavy atom. The van der Waals surface area contributed by atoms with Crippen LogP contribution in [0.1, 0.15) is 23.9 Å². The van der Waals surface area contributed by atoms with E-state index in [-0.39, 0.29) is 11.9 Å². The van der Waals surface area contributed by atoms with Crippen molar-refractivity contribution in [2.45, 2.75) is 26.0 Å². The maximum Gasteiger partial charge on any atom is 0.234 e. The number of hydrogen-bond donors (Lipinski definition) is 3. The summed E-state index contributed by atoms with van der Waals surface area (Å²) in [6.45, 7) is 4.07. The zero-order chi connectivity index (χ0) is 20.6. The summed E-state index contributed by atoms with van der Waals surface area (Å²) in [7, 11) is 0. The Morgan fingerprint density at radius 2 is 1.86 bits per heavy atom. The number of hydrogen-bond acceptors (Lipinski definition) is 7. The molecule has 0 fully saturated rings. The molecule has 0 atom stereocenters. The second kappa shape index (κ2) is 9.88. The Morgan fingerprint density at radius 1 is 1.07 bits per heavy atom. The number of para-hydroxylation sites is 2. The molecule has 1 aromatic heterocycles. The van der Waals surface area contributed by atoms with E-state index in [4.69, 9.17) is 5.73 Å². The number of amides is 1. The van der Waals surface area contributed by atoms with Crippen LogP contribution in [0, 0.1) is 6.92 Å². The number of aromatic nitrogens is 3. The highest BCUT2D eigenvalue weighted by Gasteiger charge is 2.10. The van der Waals surface area contributed by atoms with Gasteiger partial charge in [0.15, 0.2) is 0 Å². The molecule has 0 saturated carbocycles. The first kappa shape index (κ1) is 20.6. The number of carbonyl (C=O) groups excluding carboxylic acids is 1. The first-order valence-electron chi connectivity index (χ1n) is 9.33. The lowest BCUT2D eigenvalue weighted by molar-refractivity contribution is -0.113. The molecule has 3 rings (SSSR count). The molecule has 0 unspecified atom stereocenters. The molecule has 0 saturated heterocycles. The number of rotatable bonds is 8. The summed E-state index contributed by atoms with van der Waals surface area (Å²) in [5.74, 6) is 1.76. The van der Waals surface area contributed by atoms with Crippen LogP contribution in [0.3, 0.4) is 0 Å². The molecular formula is C21H24N6OS. The van der Waals surface area contributed by atoms with Crippen LogP contribution in [0.25, 0.3) is 0 Å². The number of nitrogens with zero attached hydrogens (tertiary/aromatic N) is 3. The van der Waals surface area contributed by atoms with Gasteiger partial charge >= 0.3 is 0 Å². The monoisotopic (exact) mass is 408 g/mol. The van der Waals surface area contributed by atoms with Crippen molar-refractivity contribution in [1.29, 1.82) is 0 Å². The van der Waals surface area contributed by atoms with Gasteiger partial charge in [0.25, 0.3) is 0 Å². The summed E-state index contributed by atoms with van der Waals surface area (Å²) in [4.78, 5) is 25.0. The highest BCUT2D eigenvalue weighted by atomic mass is 32.2. The van der Waals surface area contributed by atoms with Crippen LogP contribution in [-0.2, 0) is 17.0 Å². The molecule has 3 aromatic rings. The Balaban J connectivity index is 1.57. The van der Waals surface area contributed by atoms with Crippen LogP contribution < -0.4 is 16.4 Å². The van der Waals surface area contributed by atoms with Gasteiger partial charge in [-0.25, -0.2) is 0 Å². The fraction of sp³-hybridized carbons (Fsp3) is 0.238. The molecule has 150 valence electrons. The van der Waals surface area contributed by atoms with Gasteiger partial charge in [-0.05, 0) is 36.6 Å². The maximum atomic E-state index is 12.4. The van der Waals surface area contributed by atoms with Crippen molar-refractivity contribution in [3.05, 3.63) is 65.5 Å². The third kappa shape index (κ3) is 5.92. The first-order chi connectivity index (χ1) is 14.0. The van der Waals surface area contributed by atoms with Gasteiger partial charge in [0.05, 0.1) is 11.5 Å². The van der Waals surface area contributed by atoms with Crippen molar-refractivity contribution in [3.8, 4) is 0 Å². The van der Waals surface area contributed by atoms with Crippen LogP contribution in [0.5, 0.6) is 0 Å². The van der Waals surface area contributed by atoms with Gasteiger partial charge in [0.2, 0.25) is 17.8 Å². The molecule has 0 aliphatic carbocycles. The SMILES string of the molecule is CCc1cccc(C)c1NC(=O)CSCc1nc(N)nc(Nc2ccccc2)n1. The number of anilines is 4. The summed E-state index contributed by atoms with van der Waals surface area (Å²) in [6, 6.07) is 15.6. The minimum absolute atomic E-state index is 0.0522. The third-order valence-corrected chi connectivity index (χ3v) is 5.13. The van der Waals surface area contributed by atoms with E-state index in [1.165, 1.54) is 11.8 Å². The van der Waals surface area contributed by atoms with Gasteiger partial charge < -0.3 is 16.4 Å². The van der Waals surface area contributed by atoms with E-state index in [0.717, 1.165) is 28.9 Å².